The lowest BCUT2D eigenvalue weighted by molar-refractivity contribution is -0.121. The lowest BCUT2D eigenvalue weighted by Gasteiger charge is -2.15. The van der Waals surface area contributed by atoms with Gasteiger partial charge in [0.15, 0.2) is 5.84 Å². The Bertz CT molecular complexity index is 423. The van der Waals surface area contributed by atoms with Crippen LogP contribution in [0.1, 0.15) is 17.9 Å². The van der Waals surface area contributed by atoms with Gasteiger partial charge in [-0.2, -0.15) is 11.8 Å². The fraction of sp³-hybridized carbons (Fsp3) is 0.385. The quantitative estimate of drug-likeness (QED) is 0.232. The Morgan fingerprint density at radius 1 is 1.47 bits per heavy atom. The number of nitrogens with zero attached hydrogens (tertiary/aromatic N) is 1. The fourth-order valence-corrected chi connectivity index (χ4v) is 2.12. The molecule has 104 valence electrons. The smallest absolute Gasteiger partial charge is 0.235 e. The molecule has 0 saturated carbocycles. The highest BCUT2D eigenvalue weighted by Crippen LogP contribution is 2.16. The zero-order chi connectivity index (χ0) is 14.1. The van der Waals surface area contributed by atoms with Crippen LogP contribution < -0.4 is 11.1 Å². The van der Waals surface area contributed by atoms with E-state index in [4.69, 9.17) is 10.9 Å². The Labute approximate surface area is 117 Å². The summed E-state index contributed by atoms with van der Waals surface area (Å²) in [4.78, 5) is 12.1. The van der Waals surface area contributed by atoms with E-state index in [9.17, 15) is 4.79 Å². The highest BCUT2D eigenvalue weighted by atomic mass is 32.2. The van der Waals surface area contributed by atoms with Crippen molar-refractivity contribution < 1.29 is 10.0 Å². The second-order valence-electron chi connectivity index (χ2n) is 4.01. The van der Waals surface area contributed by atoms with Crippen molar-refractivity contribution in [2.45, 2.75) is 12.3 Å². The van der Waals surface area contributed by atoms with E-state index < -0.39 is 5.92 Å². The molecule has 0 aliphatic rings. The molecule has 1 atom stereocenters. The number of hydrogen-bond donors (Lipinski definition) is 3. The lowest BCUT2D eigenvalue weighted by atomic mass is 9.97. The van der Waals surface area contributed by atoms with Crippen LogP contribution in [0.25, 0.3) is 0 Å². The van der Waals surface area contributed by atoms with Crippen LogP contribution in [0.15, 0.2) is 35.5 Å². The number of amides is 1. The number of hydrogen-bond acceptors (Lipinski definition) is 4. The van der Waals surface area contributed by atoms with Crippen LogP contribution in [0.2, 0.25) is 0 Å². The minimum atomic E-state index is -0.750. The van der Waals surface area contributed by atoms with E-state index in [-0.39, 0.29) is 11.7 Å². The number of rotatable bonds is 7. The number of amidine groups is 1. The van der Waals surface area contributed by atoms with E-state index in [1.807, 2.05) is 24.5 Å². The van der Waals surface area contributed by atoms with Gasteiger partial charge in [0.25, 0.3) is 0 Å². The van der Waals surface area contributed by atoms with Crippen molar-refractivity contribution in [2.75, 3.05) is 18.6 Å². The average molecular weight is 281 g/mol. The molecule has 1 amide bonds. The van der Waals surface area contributed by atoms with Gasteiger partial charge < -0.3 is 16.3 Å². The molecule has 4 N–H and O–H groups in total. The monoisotopic (exact) mass is 281 g/mol. The number of carbonyl (C=O) groups is 1. The molecule has 0 aromatic heterocycles. The molecular formula is C13H19N3O2S. The van der Waals surface area contributed by atoms with Gasteiger partial charge in [-0.3, -0.25) is 4.79 Å². The van der Waals surface area contributed by atoms with Crippen molar-refractivity contribution in [1.29, 1.82) is 0 Å². The number of nitrogens with two attached hydrogens (primary N) is 1. The van der Waals surface area contributed by atoms with E-state index >= 15 is 0 Å². The molecule has 0 aliphatic carbocycles. The van der Waals surface area contributed by atoms with Gasteiger partial charge in [-0.25, -0.2) is 0 Å². The third-order valence-electron chi connectivity index (χ3n) is 2.63. The topological polar surface area (TPSA) is 87.7 Å². The Hall–Kier alpha value is -1.69. The van der Waals surface area contributed by atoms with Crippen molar-refractivity contribution in [3.63, 3.8) is 0 Å². The highest BCUT2D eigenvalue weighted by molar-refractivity contribution is 7.98. The van der Waals surface area contributed by atoms with Gasteiger partial charge in [0.2, 0.25) is 5.91 Å². The van der Waals surface area contributed by atoms with E-state index in [0.29, 0.717) is 12.1 Å². The zero-order valence-electron chi connectivity index (χ0n) is 10.9. The standard InChI is InChI=1S/C13H19N3O2S/c1-19-9-5-8-15-13(17)11(12(14)16-18)10-6-3-2-4-7-10/h2-4,6-7,11,18H,5,8-9H2,1H3,(H2,14,16)(H,15,17). The molecule has 0 spiro atoms. The number of oxime groups is 1. The second kappa shape index (κ2) is 8.42. The molecule has 1 aromatic carbocycles. The normalized spacial score (nSPS) is 13.0. The molecule has 5 nitrogen and oxygen atoms in total. The van der Waals surface area contributed by atoms with Gasteiger partial charge in [-0.15, -0.1) is 0 Å². The Balaban J connectivity index is 2.73. The molecule has 0 heterocycles. The molecule has 1 aromatic rings. The minimum absolute atomic E-state index is 0.103. The Kier molecular flexibility index (Phi) is 6.81. The zero-order valence-corrected chi connectivity index (χ0v) is 11.7. The van der Waals surface area contributed by atoms with Crippen LogP contribution in [0.4, 0.5) is 0 Å². The summed E-state index contributed by atoms with van der Waals surface area (Å²) in [5, 5.41) is 14.6. The molecular weight excluding hydrogens is 262 g/mol. The molecule has 0 saturated heterocycles. The van der Waals surface area contributed by atoms with E-state index in [2.05, 4.69) is 10.5 Å². The number of thioether (sulfide) groups is 1. The molecule has 19 heavy (non-hydrogen) atoms. The first-order valence-electron chi connectivity index (χ1n) is 5.99. The SMILES string of the molecule is CSCCCNC(=O)C(C(N)=NO)c1ccccc1. The van der Waals surface area contributed by atoms with Crippen LogP contribution in [0, 0.1) is 0 Å². The summed E-state index contributed by atoms with van der Waals surface area (Å²) in [6, 6.07) is 9.04. The summed E-state index contributed by atoms with van der Waals surface area (Å²) in [5.41, 5.74) is 6.32. The van der Waals surface area contributed by atoms with Gasteiger partial charge in [0.1, 0.15) is 5.92 Å². The number of nitrogens with one attached hydrogen (secondary N) is 1. The number of carbonyl (C=O) groups excluding carboxylic acids is 1. The van der Waals surface area contributed by atoms with Gasteiger partial charge >= 0.3 is 0 Å². The van der Waals surface area contributed by atoms with Crippen molar-refractivity contribution >= 4 is 23.5 Å². The molecule has 1 unspecified atom stereocenters. The van der Waals surface area contributed by atoms with Crippen LogP contribution in [0.3, 0.4) is 0 Å². The van der Waals surface area contributed by atoms with E-state index in [1.54, 1.807) is 23.9 Å². The van der Waals surface area contributed by atoms with Gasteiger partial charge in [0, 0.05) is 6.54 Å². The third-order valence-corrected chi connectivity index (χ3v) is 3.33. The van der Waals surface area contributed by atoms with Crippen LogP contribution in [0.5, 0.6) is 0 Å². The van der Waals surface area contributed by atoms with Gasteiger partial charge in [-0.1, -0.05) is 35.5 Å². The third kappa shape index (κ3) is 4.82. The first-order valence-corrected chi connectivity index (χ1v) is 7.39. The lowest BCUT2D eigenvalue weighted by Crippen LogP contribution is -2.37. The average Bonchev–Trinajstić information content (AvgIpc) is 2.45. The molecule has 1 rings (SSSR count). The first-order chi connectivity index (χ1) is 9.20. The Morgan fingerprint density at radius 2 is 2.16 bits per heavy atom. The van der Waals surface area contributed by atoms with Crippen LogP contribution in [-0.2, 0) is 4.79 Å². The maximum absolute atomic E-state index is 12.1. The van der Waals surface area contributed by atoms with Crippen LogP contribution in [-0.4, -0.2) is 35.5 Å². The summed E-state index contributed by atoms with van der Waals surface area (Å²) in [6.45, 7) is 0.585. The van der Waals surface area contributed by atoms with Crippen LogP contribution >= 0.6 is 11.8 Å². The fourth-order valence-electron chi connectivity index (χ4n) is 1.69. The van der Waals surface area contributed by atoms with Crippen molar-refractivity contribution in [3.8, 4) is 0 Å². The number of benzene rings is 1. The minimum Gasteiger partial charge on any atom is -0.409 e. The molecule has 0 bridgehead atoms. The summed E-state index contributed by atoms with van der Waals surface area (Å²) in [7, 11) is 0. The molecule has 0 radical (unpaired) electrons. The predicted octanol–water partition coefficient (Wildman–Crippen LogP) is 1.39. The summed E-state index contributed by atoms with van der Waals surface area (Å²) < 4.78 is 0. The second-order valence-corrected chi connectivity index (χ2v) is 4.99. The molecule has 0 aliphatic heterocycles. The summed E-state index contributed by atoms with van der Waals surface area (Å²) in [5.74, 6) is -0.114. The van der Waals surface area contributed by atoms with Gasteiger partial charge in [-0.05, 0) is 24.0 Å². The largest absolute Gasteiger partial charge is 0.409 e. The van der Waals surface area contributed by atoms with E-state index in [0.717, 1.165) is 12.2 Å². The summed E-state index contributed by atoms with van der Waals surface area (Å²) >= 11 is 1.73. The first kappa shape index (κ1) is 15.4. The maximum atomic E-state index is 12.1. The summed E-state index contributed by atoms with van der Waals surface area (Å²) in [6.07, 6.45) is 2.91. The van der Waals surface area contributed by atoms with Crippen molar-refractivity contribution in [1.82, 2.24) is 5.32 Å². The van der Waals surface area contributed by atoms with Crippen molar-refractivity contribution in [2.24, 2.45) is 10.9 Å². The molecule has 6 heteroatoms. The Morgan fingerprint density at radius 3 is 2.74 bits per heavy atom. The highest BCUT2D eigenvalue weighted by Gasteiger charge is 2.24. The maximum Gasteiger partial charge on any atom is 0.235 e. The van der Waals surface area contributed by atoms with E-state index in [1.165, 1.54) is 0 Å². The molecule has 0 fully saturated rings. The van der Waals surface area contributed by atoms with Gasteiger partial charge in [0.05, 0.1) is 0 Å². The van der Waals surface area contributed by atoms with Crippen molar-refractivity contribution in [3.05, 3.63) is 35.9 Å². The predicted molar refractivity (Wildman–Crippen MR) is 78.6 cm³/mol.